The molecule has 0 bridgehead atoms. The fourth-order valence-corrected chi connectivity index (χ4v) is 3.01. The second-order valence-corrected chi connectivity index (χ2v) is 5.88. The highest BCUT2D eigenvalue weighted by Crippen LogP contribution is 2.28. The molecule has 1 atom stereocenters. The number of benzene rings is 2. The van der Waals surface area contributed by atoms with Crippen molar-refractivity contribution in [2.24, 2.45) is 0 Å². The molecule has 0 aromatic heterocycles. The van der Waals surface area contributed by atoms with Crippen LogP contribution in [0.2, 0.25) is 0 Å². The topological polar surface area (TPSA) is 30.5 Å². The van der Waals surface area contributed by atoms with Crippen LogP contribution in [-0.4, -0.2) is 25.9 Å². The van der Waals surface area contributed by atoms with Crippen molar-refractivity contribution in [2.75, 3.05) is 19.8 Å². The molecule has 0 spiro atoms. The Hall–Kier alpha value is -1.58. The first-order valence-corrected chi connectivity index (χ1v) is 8.34. The molecule has 118 valence electrons. The second kappa shape index (κ2) is 7.61. The van der Waals surface area contributed by atoms with Gasteiger partial charge >= 0.3 is 0 Å². The van der Waals surface area contributed by atoms with E-state index in [1.54, 1.807) is 0 Å². The molecule has 3 nitrogen and oxygen atoms in total. The molecule has 0 saturated carbocycles. The van der Waals surface area contributed by atoms with Gasteiger partial charge in [-0.1, -0.05) is 37.3 Å². The van der Waals surface area contributed by atoms with Crippen molar-refractivity contribution in [3.63, 3.8) is 0 Å². The Labute approximate surface area is 132 Å². The van der Waals surface area contributed by atoms with Crippen molar-refractivity contribution in [2.45, 2.75) is 38.8 Å². The molecule has 0 unspecified atom stereocenters. The molecule has 1 heterocycles. The molecular weight excluding hydrogens is 274 g/mol. The van der Waals surface area contributed by atoms with Crippen LogP contribution in [0, 0.1) is 0 Å². The molecule has 2 aromatic carbocycles. The zero-order valence-electron chi connectivity index (χ0n) is 13.3. The quantitative estimate of drug-likeness (QED) is 0.841. The van der Waals surface area contributed by atoms with Crippen LogP contribution in [0.3, 0.4) is 0 Å². The Bertz CT molecular complexity index is 605. The summed E-state index contributed by atoms with van der Waals surface area (Å²) in [7, 11) is 0. The van der Waals surface area contributed by atoms with E-state index in [4.69, 9.17) is 9.47 Å². The summed E-state index contributed by atoms with van der Waals surface area (Å²) in [5.41, 5.74) is 1.25. The van der Waals surface area contributed by atoms with Gasteiger partial charge in [-0.15, -0.1) is 0 Å². The van der Waals surface area contributed by atoms with E-state index in [1.807, 2.05) is 0 Å². The molecule has 1 aliphatic rings. The van der Waals surface area contributed by atoms with Gasteiger partial charge in [0.05, 0.1) is 12.7 Å². The fourth-order valence-electron chi connectivity index (χ4n) is 3.01. The van der Waals surface area contributed by atoms with E-state index < -0.39 is 0 Å². The summed E-state index contributed by atoms with van der Waals surface area (Å²) in [6.45, 7) is 5.54. The molecule has 1 fully saturated rings. The third-order valence-corrected chi connectivity index (χ3v) is 4.16. The maximum Gasteiger partial charge on any atom is 0.124 e. The number of nitrogens with one attached hydrogen (secondary N) is 1. The average Bonchev–Trinajstić information content (AvgIpc) is 3.07. The van der Waals surface area contributed by atoms with Crippen LogP contribution < -0.4 is 10.1 Å². The van der Waals surface area contributed by atoms with Crippen LogP contribution in [0.15, 0.2) is 36.4 Å². The molecular formula is C19H25NO2. The number of rotatable bonds is 7. The van der Waals surface area contributed by atoms with Crippen LogP contribution >= 0.6 is 0 Å². The van der Waals surface area contributed by atoms with Crippen molar-refractivity contribution < 1.29 is 9.47 Å². The lowest BCUT2D eigenvalue weighted by atomic mass is 10.0. The van der Waals surface area contributed by atoms with E-state index in [-0.39, 0.29) is 0 Å². The predicted octanol–water partition coefficient (Wildman–Crippen LogP) is 3.90. The standard InChI is InChI=1S/C19H25NO2/c1-2-11-22-19-10-9-15-6-3-4-8-17(15)18(19)14-20-13-16-7-5-12-21-16/h3-4,6,8-10,16,20H,2,5,7,11-14H2,1H3/t16-/m0/s1. The largest absolute Gasteiger partial charge is 0.493 e. The summed E-state index contributed by atoms with van der Waals surface area (Å²) in [5.74, 6) is 1.00. The number of hydrogen-bond acceptors (Lipinski definition) is 3. The summed E-state index contributed by atoms with van der Waals surface area (Å²) in [5, 5.41) is 6.09. The molecule has 1 N–H and O–H groups in total. The van der Waals surface area contributed by atoms with E-state index in [0.717, 1.165) is 38.5 Å². The minimum absolute atomic E-state index is 0.370. The van der Waals surface area contributed by atoms with E-state index in [2.05, 4.69) is 48.6 Å². The summed E-state index contributed by atoms with van der Waals surface area (Å²) in [6, 6.07) is 12.7. The zero-order chi connectivity index (χ0) is 15.2. The highest BCUT2D eigenvalue weighted by atomic mass is 16.5. The third-order valence-electron chi connectivity index (χ3n) is 4.16. The molecule has 3 heteroatoms. The molecule has 2 aromatic rings. The molecule has 0 aliphatic carbocycles. The van der Waals surface area contributed by atoms with Crippen molar-refractivity contribution in [1.29, 1.82) is 0 Å². The van der Waals surface area contributed by atoms with Gasteiger partial charge in [0.2, 0.25) is 0 Å². The minimum Gasteiger partial charge on any atom is -0.493 e. The number of hydrogen-bond donors (Lipinski definition) is 1. The highest BCUT2D eigenvalue weighted by molar-refractivity contribution is 5.87. The smallest absolute Gasteiger partial charge is 0.124 e. The summed E-state index contributed by atoms with van der Waals surface area (Å²) < 4.78 is 11.6. The predicted molar refractivity (Wildman–Crippen MR) is 90.4 cm³/mol. The van der Waals surface area contributed by atoms with Crippen LogP contribution in [0.5, 0.6) is 5.75 Å². The Kier molecular flexibility index (Phi) is 5.30. The number of fused-ring (bicyclic) bond motifs is 1. The van der Waals surface area contributed by atoms with E-state index >= 15 is 0 Å². The van der Waals surface area contributed by atoms with Gasteiger partial charge in [-0.25, -0.2) is 0 Å². The SMILES string of the molecule is CCCOc1ccc2ccccc2c1CNC[C@@H]1CCCO1. The summed E-state index contributed by atoms with van der Waals surface area (Å²) in [4.78, 5) is 0. The zero-order valence-corrected chi connectivity index (χ0v) is 13.3. The number of ether oxygens (including phenoxy) is 2. The normalized spacial score (nSPS) is 18.0. The molecule has 1 saturated heterocycles. The average molecular weight is 299 g/mol. The van der Waals surface area contributed by atoms with E-state index in [9.17, 15) is 0 Å². The minimum atomic E-state index is 0.370. The Morgan fingerprint density at radius 3 is 2.95 bits per heavy atom. The molecule has 3 rings (SSSR count). The van der Waals surface area contributed by atoms with Gasteiger partial charge in [0.15, 0.2) is 0 Å². The first kappa shape index (κ1) is 15.3. The molecule has 0 amide bonds. The van der Waals surface area contributed by atoms with Crippen molar-refractivity contribution in [3.8, 4) is 5.75 Å². The van der Waals surface area contributed by atoms with Crippen molar-refractivity contribution in [3.05, 3.63) is 42.0 Å². The lowest BCUT2D eigenvalue weighted by molar-refractivity contribution is 0.110. The Morgan fingerprint density at radius 2 is 2.14 bits per heavy atom. The third kappa shape index (κ3) is 3.60. The van der Waals surface area contributed by atoms with Gasteiger partial charge in [-0.05, 0) is 36.1 Å². The summed E-state index contributed by atoms with van der Waals surface area (Å²) in [6.07, 6.45) is 3.75. The van der Waals surface area contributed by atoms with Crippen LogP contribution in [-0.2, 0) is 11.3 Å². The second-order valence-electron chi connectivity index (χ2n) is 5.88. The first-order valence-electron chi connectivity index (χ1n) is 8.34. The molecule has 22 heavy (non-hydrogen) atoms. The van der Waals surface area contributed by atoms with Gasteiger partial charge in [0.25, 0.3) is 0 Å². The maximum absolute atomic E-state index is 5.95. The van der Waals surface area contributed by atoms with Gasteiger partial charge in [-0.3, -0.25) is 0 Å². The van der Waals surface area contributed by atoms with Crippen molar-refractivity contribution >= 4 is 10.8 Å². The van der Waals surface area contributed by atoms with Crippen LogP contribution in [0.1, 0.15) is 31.7 Å². The van der Waals surface area contributed by atoms with Crippen molar-refractivity contribution in [1.82, 2.24) is 5.32 Å². The lowest BCUT2D eigenvalue weighted by Gasteiger charge is -2.16. The van der Waals surface area contributed by atoms with Crippen LogP contribution in [0.25, 0.3) is 10.8 Å². The van der Waals surface area contributed by atoms with Gasteiger partial charge < -0.3 is 14.8 Å². The highest BCUT2D eigenvalue weighted by Gasteiger charge is 2.15. The van der Waals surface area contributed by atoms with Gasteiger partial charge in [0.1, 0.15) is 5.75 Å². The van der Waals surface area contributed by atoms with E-state index in [1.165, 1.54) is 29.2 Å². The monoisotopic (exact) mass is 299 g/mol. The summed E-state index contributed by atoms with van der Waals surface area (Å²) >= 11 is 0. The molecule has 0 radical (unpaired) electrons. The van der Waals surface area contributed by atoms with E-state index in [0.29, 0.717) is 6.10 Å². The van der Waals surface area contributed by atoms with Crippen LogP contribution in [0.4, 0.5) is 0 Å². The Balaban J connectivity index is 1.77. The van der Waals surface area contributed by atoms with Gasteiger partial charge in [0, 0.05) is 25.3 Å². The molecule has 1 aliphatic heterocycles. The van der Waals surface area contributed by atoms with Gasteiger partial charge in [-0.2, -0.15) is 0 Å². The maximum atomic E-state index is 5.95. The lowest BCUT2D eigenvalue weighted by Crippen LogP contribution is -2.26. The first-order chi connectivity index (χ1) is 10.9. The fraction of sp³-hybridized carbons (Fsp3) is 0.474. The Morgan fingerprint density at radius 1 is 1.23 bits per heavy atom.